The minimum atomic E-state index is -0.930. The van der Waals surface area contributed by atoms with Crippen LogP contribution in [0.3, 0.4) is 0 Å². The zero-order valence-corrected chi connectivity index (χ0v) is 27.2. The van der Waals surface area contributed by atoms with Crippen LogP contribution < -0.4 is 10.6 Å². The number of aromatic nitrogens is 2. The van der Waals surface area contributed by atoms with Crippen LogP contribution in [0.5, 0.6) is 0 Å². The lowest BCUT2D eigenvalue weighted by Gasteiger charge is -2.25. The zero-order chi connectivity index (χ0) is 32.5. The monoisotopic (exact) mass is 627 g/mol. The third-order valence-corrected chi connectivity index (χ3v) is 8.43. The molecule has 4 rings (SSSR count). The van der Waals surface area contributed by atoms with Crippen LogP contribution in [0.2, 0.25) is 0 Å². The van der Waals surface area contributed by atoms with Crippen molar-refractivity contribution < 1.29 is 19.5 Å². The summed E-state index contributed by atoms with van der Waals surface area (Å²) in [7, 11) is 1.66. The van der Waals surface area contributed by atoms with Gasteiger partial charge >= 0.3 is 0 Å². The molecule has 2 aromatic carbocycles. The van der Waals surface area contributed by atoms with E-state index in [0.29, 0.717) is 25.4 Å². The van der Waals surface area contributed by atoms with Gasteiger partial charge in [-0.05, 0) is 61.1 Å². The second-order valence-electron chi connectivity index (χ2n) is 11.6. The van der Waals surface area contributed by atoms with Gasteiger partial charge in [0.1, 0.15) is 5.01 Å². The van der Waals surface area contributed by atoms with Crippen molar-refractivity contribution >= 4 is 28.9 Å². The first-order valence-corrected chi connectivity index (χ1v) is 15.9. The second-order valence-corrected chi connectivity index (χ2v) is 12.6. The van der Waals surface area contributed by atoms with Gasteiger partial charge < -0.3 is 20.6 Å². The maximum Gasteiger partial charge on any atom is 0.254 e. The first kappa shape index (κ1) is 33.6. The predicted molar refractivity (Wildman–Crippen MR) is 177 cm³/mol. The standard InChI is InChI=1S/C35H41N5O4S/c1-22(2)30-11-26(16-36-18-30)17-37-19-32(42)31(12-25-9-7-6-8-10-25)39-34(43)28-13-27(24(4)41)14-29(15-28)35(44)40(5)20-33-38-23(3)21-45-33/h6-11,13-16,18,21-22,31-32,37,42H,12,17,19-20H2,1-5H3,(H,39,43)/t31-,32+/m0/s1. The highest BCUT2D eigenvalue weighted by molar-refractivity contribution is 7.09. The van der Waals surface area contributed by atoms with E-state index in [-0.39, 0.29) is 34.9 Å². The molecule has 2 aromatic heterocycles. The summed E-state index contributed by atoms with van der Waals surface area (Å²) >= 11 is 1.47. The van der Waals surface area contributed by atoms with Crippen molar-refractivity contribution in [2.24, 2.45) is 0 Å². The molecule has 0 aliphatic carbocycles. The Morgan fingerprint density at radius 1 is 0.978 bits per heavy atom. The van der Waals surface area contributed by atoms with Gasteiger partial charge in [0, 0.05) is 60.3 Å². The van der Waals surface area contributed by atoms with Crippen LogP contribution in [0.15, 0.2) is 72.4 Å². The highest BCUT2D eigenvalue weighted by atomic mass is 32.1. The Balaban J connectivity index is 1.51. The summed E-state index contributed by atoms with van der Waals surface area (Å²) in [5.41, 5.74) is 4.62. The Kier molecular flexibility index (Phi) is 11.7. The maximum atomic E-state index is 13.7. The molecule has 0 saturated carbocycles. The fourth-order valence-electron chi connectivity index (χ4n) is 4.89. The Morgan fingerprint density at radius 3 is 2.36 bits per heavy atom. The van der Waals surface area contributed by atoms with Crippen molar-refractivity contribution in [1.29, 1.82) is 0 Å². The minimum absolute atomic E-state index is 0.166. The van der Waals surface area contributed by atoms with Crippen LogP contribution in [-0.2, 0) is 19.5 Å². The van der Waals surface area contributed by atoms with Crippen LogP contribution in [0, 0.1) is 6.92 Å². The molecule has 3 N–H and O–H groups in total. The molecule has 2 amide bonds. The fraction of sp³-hybridized carbons (Fsp3) is 0.343. The summed E-state index contributed by atoms with van der Waals surface area (Å²) in [6, 6.07) is 15.5. The number of aliphatic hydroxyl groups is 1. The third-order valence-electron chi connectivity index (χ3n) is 7.48. The largest absolute Gasteiger partial charge is 0.390 e. The number of hydrogen-bond donors (Lipinski definition) is 3. The van der Waals surface area contributed by atoms with Gasteiger partial charge in [0.15, 0.2) is 5.78 Å². The topological polar surface area (TPSA) is 125 Å². The van der Waals surface area contributed by atoms with E-state index in [1.807, 2.05) is 48.8 Å². The first-order valence-electron chi connectivity index (χ1n) is 15.0. The van der Waals surface area contributed by atoms with E-state index in [1.54, 1.807) is 13.2 Å². The number of hydrogen-bond acceptors (Lipinski definition) is 8. The number of nitrogens with one attached hydrogen (secondary N) is 2. The second kappa shape index (κ2) is 15.7. The van der Waals surface area contributed by atoms with Gasteiger partial charge in [-0.2, -0.15) is 0 Å². The molecule has 236 valence electrons. The number of aryl methyl sites for hydroxylation is 1. The number of aliphatic hydroxyl groups excluding tert-OH is 1. The number of Topliss-reactive ketones (excluding diaryl/α,β-unsaturated/α-hetero) is 1. The lowest BCUT2D eigenvalue weighted by atomic mass is 9.98. The SMILES string of the molecule is CC(=O)c1cc(C(=O)N[C@@H](Cc2ccccc2)[C@H](O)CNCc2cncc(C(C)C)c2)cc(C(=O)N(C)Cc2nc(C)cs2)c1. The lowest BCUT2D eigenvalue weighted by Crippen LogP contribution is -2.48. The molecule has 0 aliphatic heterocycles. The normalized spacial score (nSPS) is 12.5. The molecular weight excluding hydrogens is 586 g/mol. The summed E-state index contributed by atoms with van der Waals surface area (Å²) < 4.78 is 0. The van der Waals surface area contributed by atoms with Crippen LogP contribution in [0.1, 0.15) is 85.2 Å². The maximum absolute atomic E-state index is 13.7. The highest BCUT2D eigenvalue weighted by Crippen LogP contribution is 2.18. The van der Waals surface area contributed by atoms with E-state index in [2.05, 4.69) is 40.5 Å². The van der Waals surface area contributed by atoms with E-state index in [1.165, 1.54) is 41.4 Å². The minimum Gasteiger partial charge on any atom is -0.390 e. The number of benzene rings is 2. The van der Waals surface area contributed by atoms with E-state index in [4.69, 9.17) is 0 Å². The number of nitrogens with zero attached hydrogens (tertiary/aromatic N) is 3. The summed E-state index contributed by atoms with van der Waals surface area (Å²) in [6.07, 6.45) is 3.10. The smallest absolute Gasteiger partial charge is 0.254 e. The Labute approximate surface area is 268 Å². The van der Waals surface area contributed by atoms with Gasteiger partial charge in [0.2, 0.25) is 0 Å². The summed E-state index contributed by atoms with van der Waals surface area (Å²) in [5.74, 6) is -0.730. The number of thiazole rings is 1. The van der Waals surface area contributed by atoms with Crippen LogP contribution >= 0.6 is 11.3 Å². The molecule has 10 heteroatoms. The molecule has 45 heavy (non-hydrogen) atoms. The third kappa shape index (κ3) is 9.62. The summed E-state index contributed by atoms with van der Waals surface area (Å²) in [6.45, 7) is 8.55. The zero-order valence-electron chi connectivity index (χ0n) is 26.4. The number of amides is 2. The van der Waals surface area contributed by atoms with Gasteiger partial charge in [-0.15, -0.1) is 11.3 Å². The average molecular weight is 628 g/mol. The lowest BCUT2D eigenvalue weighted by molar-refractivity contribution is 0.0784. The molecule has 0 unspecified atom stereocenters. The molecule has 0 fully saturated rings. The molecule has 0 saturated heterocycles. The van der Waals surface area contributed by atoms with E-state index < -0.39 is 18.1 Å². The van der Waals surface area contributed by atoms with Crippen molar-refractivity contribution in [2.45, 2.75) is 65.3 Å². The van der Waals surface area contributed by atoms with Crippen LogP contribution in [0.4, 0.5) is 0 Å². The quantitative estimate of drug-likeness (QED) is 0.169. The van der Waals surface area contributed by atoms with Crippen molar-refractivity contribution in [1.82, 2.24) is 25.5 Å². The predicted octanol–water partition coefficient (Wildman–Crippen LogP) is 4.94. The van der Waals surface area contributed by atoms with Gasteiger partial charge in [0.05, 0.1) is 18.7 Å². The molecule has 0 spiro atoms. The number of ketones is 1. The summed E-state index contributed by atoms with van der Waals surface area (Å²) in [5, 5.41) is 20.2. The molecule has 2 heterocycles. The number of carbonyl (C=O) groups excluding carboxylic acids is 3. The molecule has 4 aromatic rings. The van der Waals surface area contributed by atoms with Gasteiger partial charge in [-0.3, -0.25) is 19.4 Å². The van der Waals surface area contributed by atoms with Gasteiger partial charge in [0.25, 0.3) is 11.8 Å². The Bertz CT molecular complexity index is 1620. The van der Waals surface area contributed by atoms with E-state index >= 15 is 0 Å². The van der Waals surface area contributed by atoms with E-state index in [9.17, 15) is 19.5 Å². The van der Waals surface area contributed by atoms with Crippen LogP contribution in [-0.4, -0.2) is 63.3 Å². The van der Waals surface area contributed by atoms with Crippen LogP contribution in [0.25, 0.3) is 0 Å². The molecule has 0 radical (unpaired) electrons. The molecule has 9 nitrogen and oxygen atoms in total. The van der Waals surface area contributed by atoms with E-state index in [0.717, 1.165) is 27.4 Å². The van der Waals surface area contributed by atoms with Gasteiger partial charge in [-0.25, -0.2) is 4.98 Å². The first-order chi connectivity index (χ1) is 21.5. The molecule has 0 bridgehead atoms. The molecule has 0 aliphatic rings. The molecular formula is C35H41N5O4S. The summed E-state index contributed by atoms with van der Waals surface area (Å²) in [4.78, 5) is 49.7. The van der Waals surface area contributed by atoms with Crippen molar-refractivity contribution in [3.63, 3.8) is 0 Å². The number of carbonyl (C=O) groups is 3. The average Bonchev–Trinajstić information content (AvgIpc) is 3.44. The highest BCUT2D eigenvalue weighted by Gasteiger charge is 2.24. The van der Waals surface area contributed by atoms with Crippen molar-refractivity contribution in [2.75, 3.05) is 13.6 Å². The number of pyridine rings is 1. The van der Waals surface area contributed by atoms with Gasteiger partial charge in [-0.1, -0.05) is 50.2 Å². The number of rotatable bonds is 14. The Hall–Kier alpha value is -4.25. The Morgan fingerprint density at radius 2 is 1.69 bits per heavy atom. The fourth-order valence-corrected chi connectivity index (χ4v) is 5.71. The molecule has 2 atom stereocenters. The van der Waals surface area contributed by atoms with Crippen molar-refractivity contribution in [3.05, 3.63) is 116 Å². The van der Waals surface area contributed by atoms with Crippen molar-refractivity contribution in [3.8, 4) is 0 Å².